The van der Waals surface area contributed by atoms with E-state index in [4.69, 9.17) is 5.73 Å². The molecule has 2 aromatic rings. The van der Waals surface area contributed by atoms with Crippen LogP contribution in [-0.2, 0) is 6.42 Å². The van der Waals surface area contributed by atoms with E-state index in [0.29, 0.717) is 0 Å². The number of nitrogens with zero attached hydrogens (tertiary/aromatic N) is 1. The van der Waals surface area contributed by atoms with Crippen LogP contribution in [0.1, 0.15) is 11.1 Å². The molecular formula is C14H17N3. The van der Waals surface area contributed by atoms with Crippen molar-refractivity contribution in [3.05, 3.63) is 53.7 Å². The molecule has 1 heterocycles. The van der Waals surface area contributed by atoms with Crippen molar-refractivity contribution in [3.63, 3.8) is 0 Å². The molecule has 1 aromatic carbocycles. The minimum Gasteiger partial charge on any atom is -0.399 e. The second kappa shape index (κ2) is 5.34. The van der Waals surface area contributed by atoms with Gasteiger partial charge in [0.2, 0.25) is 0 Å². The minimum absolute atomic E-state index is 0.807. The average molecular weight is 227 g/mol. The fourth-order valence-corrected chi connectivity index (χ4v) is 1.65. The van der Waals surface area contributed by atoms with E-state index in [1.807, 2.05) is 30.5 Å². The molecule has 0 aliphatic rings. The smallest absolute Gasteiger partial charge is 0.126 e. The van der Waals surface area contributed by atoms with Gasteiger partial charge >= 0.3 is 0 Å². The number of nitrogens with two attached hydrogens (primary N) is 1. The van der Waals surface area contributed by atoms with Crippen LogP contribution in [0.25, 0.3) is 0 Å². The van der Waals surface area contributed by atoms with Gasteiger partial charge in [-0.15, -0.1) is 0 Å². The summed E-state index contributed by atoms with van der Waals surface area (Å²) >= 11 is 0. The van der Waals surface area contributed by atoms with Crippen molar-refractivity contribution in [1.82, 2.24) is 4.98 Å². The molecule has 0 fully saturated rings. The van der Waals surface area contributed by atoms with E-state index in [0.717, 1.165) is 24.5 Å². The van der Waals surface area contributed by atoms with Crippen LogP contribution in [0.15, 0.2) is 42.6 Å². The Morgan fingerprint density at radius 1 is 1.18 bits per heavy atom. The van der Waals surface area contributed by atoms with Crippen molar-refractivity contribution in [2.75, 3.05) is 17.6 Å². The SMILES string of the molecule is Cc1ccnc(NCCc2ccc(N)cc2)c1. The number of nitrogen functional groups attached to an aromatic ring is 1. The third-order valence-electron chi connectivity index (χ3n) is 2.61. The summed E-state index contributed by atoms with van der Waals surface area (Å²) in [6, 6.07) is 12.0. The van der Waals surface area contributed by atoms with Crippen molar-refractivity contribution >= 4 is 11.5 Å². The average Bonchev–Trinajstić information content (AvgIpc) is 2.32. The summed E-state index contributed by atoms with van der Waals surface area (Å²) in [7, 11) is 0. The van der Waals surface area contributed by atoms with E-state index in [-0.39, 0.29) is 0 Å². The zero-order chi connectivity index (χ0) is 12.1. The minimum atomic E-state index is 0.807. The third kappa shape index (κ3) is 3.48. The quantitative estimate of drug-likeness (QED) is 0.789. The Balaban J connectivity index is 1.85. The van der Waals surface area contributed by atoms with Gasteiger partial charge in [-0.3, -0.25) is 0 Å². The number of hydrogen-bond acceptors (Lipinski definition) is 3. The Labute approximate surface area is 102 Å². The van der Waals surface area contributed by atoms with Gasteiger partial charge in [0.05, 0.1) is 0 Å². The number of benzene rings is 1. The van der Waals surface area contributed by atoms with E-state index < -0.39 is 0 Å². The first-order valence-electron chi connectivity index (χ1n) is 5.75. The van der Waals surface area contributed by atoms with Crippen LogP contribution < -0.4 is 11.1 Å². The molecule has 2 rings (SSSR count). The Hall–Kier alpha value is -2.03. The second-order valence-electron chi connectivity index (χ2n) is 4.14. The van der Waals surface area contributed by atoms with Crippen LogP contribution >= 0.6 is 0 Å². The Bertz CT molecular complexity index is 477. The van der Waals surface area contributed by atoms with Gasteiger partial charge in [-0.2, -0.15) is 0 Å². The molecule has 0 saturated heterocycles. The van der Waals surface area contributed by atoms with E-state index in [1.165, 1.54) is 11.1 Å². The van der Waals surface area contributed by atoms with Crippen LogP contribution in [0.3, 0.4) is 0 Å². The van der Waals surface area contributed by atoms with Gasteiger partial charge in [0.25, 0.3) is 0 Å². The van der Waals surface area contributed by atoms with Crippen LogP contribution in [-0.4, -0.2) is 11.5 Å². The number of anilines is 2. The highest BCUT2D eigenvalue weighted by Gasteiger charge is 1.95. The van der Waals surface area contributed by atoms with E-state index >= 15 is 0 Å². The molecular weight excluding hydrogens is 210 g/mol. The summed E-state index contributed by atoms with van der Waals surface area (Å²) in [6.45, 7) is 2.94. The standard InChI is InChI=1S/C14H17N3/c1-11-6-8-16-14(10-11)17-9-7-12-2-4-13(15)5-3-12/h2-6,8,10H,7,9,15H2,1H3,(H,16,17). The molecule has 88 valence electrons. The van der Waals surface area contributed by atoms with Crippen LogP contribution in [0.5, 0.6) is 0 Å². The molecule has 0 spiro atoms. The largest absolute Gasteiger partial charge is 0.399 e. The van der Waals surface area contributed by atoms with Gasteiger partial charge in [-0.25, -0.2) is 4.98 Å². The molecule has 3 nitrogen and oxygen atoms in total. The predicted molar refractivity (Wildman–Crippen MR) is 72.0 cm³/mol. The summed E-state index contributed by atoms with van der Waals surface area (Å²) in [5, 5.41) is 3.31. The fourth-order valence-electron chi connectivity index (χ4n) is 1.65. The lowest BCUT2D eigenvalue weighted by Crippen LogP contribution is -2.06. The first kappa shape index (κ1) is 11.5. The van der Waals surface area contributed by atoms with E-state index in [2.05, 4.69) is 29.4 Å². The zero-order valence-electron chi connectivity index (χ0n) is 9.98. The maximum atomic E-state index is 5.64. The first-order valence-corrected chi connectivity index (χ1v) is 5.75. The molecule has 0 saturated carbocycles. The molecule has 0 atom stereocenters. The molecule has 0 unspecified atom stereocenters. The highest BCUT2D eigenvalue weighted by atomic mass is 15.0. The molecule has 0 amide bonds. The summed E-state index contributed by atoms with van der Waals surface area (Å²) in [6.07, 6.45) is 2.79. The second-order valence-corrected chi connectivity index (χ2v) is 4.14. The molecule has 0 radical (unpaired) electrons. The number of hydrogen-bond donors (Lipinski definition) is 2. The number of rotatable bonds is 4. The van der Waals surface area contributed by atoms with E-state index in [9.17, 15) is 0 Å². The lowest BCUT2D eigenvalue weighted by atomic mass is 10.1. The zero-order valence-corrected chi connectivity index (χ0v) is 9.98. The first-order chi connectivity index (χ1) is 8.24. The molecule has 1 aromatic heterocycles. The number of aromatic nitrogens is 1. The number of nitrogens with one attached hydrogen (secondary N) is 1. The van der Waals surface area contributed by atoms with Gasteiger partial charge in [-0.05, 0) is 48.7 Å². The van der Waals surface area contributed by atoms with E-state index in [1.54, 1.807) is 0 Å². The topological polar surface area (TPSA) is 50.9 Å². The van der Waals surface area contributed by atoms with Crippen molar-refractivity contribution in [2.45, 2.75) is 13.3 Å². The molecule has 0 aliphatic heterocycles. The van der Waals surface area contributed by atoms with Crippen LogP contribution in [0.2, 0.25) is 0 Å². The fraction of sp³-hybridized carbons (Fsp3) is 0.214. The predicted octanol–water partition coefficient (Wildman–Crippen LogP) is 2.63. The van der Waals surface area contributed by atoms with Gasteiger partial charge in [0, 0.05) is 18.4 Å². The van der Waals surface area contributed by atoms with Gasteiger partial charge < -0.3 is 11.1 Å². The van der Waals surface area contributed by atoms with Crippen LogP contribution in [0.4, 0.5) is 11.5 Å². The summed E-state index contributed by atoms with van der Waals surface area (Å²) in [5.41, 5.74) is 8.94. The van der Waals surface area contributed by atoms with Gasteiger partial charge in [-0.1, -0.05) is 12.1 Å². The van der Waals surface area contributed by atoms with Gasteiger partial charge in [0.15, 0.2) is 0 Å². The van der Waals surface area contributed by atoms with Crippen LogP contribution in [0, 0.1) is 6.92 Å². The lowest BCUT2D eigenvalue weighted by Gasteiger charge is -2.06. The molecule has 0 aliphatic carbocycles. The monoisotopic (exact) mass is 227 g/mol. The molecule has 3 heteroatoms. The summed E-state index contributed by atoms with van der Waals surface area (Å²) < 4.78 is 0. The Morgan fingerprint density at radius 2 is 1.94 bits per heavy atom. The van der Waals surface area contributed by atoms with Crippen molar-refractivity contribution < 1.29 is 0 Å². The van der Waals surface area contributed by atoms with Gasteiger partial charge in [0.1, 0.15) is 5.82 Å². The Morgan fingerprint density at radius 3 is 2.65 bits per heavy atom. The lowest BCUT2D eigenvalue weighted by molar-refractivity contribution is 1.01. The maximum Gasteiger partial charge on any atom is 0.126 e. The number of pyridine rings is 1. The normalized spacial score (nSPS) is 10.2. The van der Waals surface area contributed by atoms with Crippen molar-refractivity contribution in [1.29, 1.82) is 0 Å². The third-order valence-corrected chi connectivity index (χ3v) is 2.61. The number of aryl methyl sites for hydroxylation is 1. The summed E-state index contributed by atoms with van der Waals surface area (Å²) in [5.74, 6) is 0.931. The molecule has 17 heavy (non-hydrogen) atoms. The maximum absolute atomic E-state index is 5.64. The molecule has 0 bridgehead atoms. The van der Waals surface area contributed by atoms with Crippen molar-refractivity contribution in [3.8, 4) is 0 Å². The highest BCUT2D eigenvalue weighted by Crippen LogP contribution is 2.08. The molecule has 3 N–H and O–H groups in total. The highest BCUT2D eigenvalue weighted by molar-refractivity contribution is 5.40. The van der Waals surface area contributed by atoms with Crippen molar-refractivity contribution in [2.24, 2.45) is 0 Å². The Kier molecular flexibility index (Phi) is 3.60. The summed E-state index contributed by atoms with van der Waals surface area (Å²) in [4.78, 5) is 4.25.